The predicted molar refractivity (Wildman–Crippen MR) is 78.4 cm³/mol. The zero-order chi connectivity index (χ0) is 15.4. The lowest BCUT2D eigenvalue weighted by atomic mass is 10.0. The summed E-state index contributed by atoms with van der Waals surface area (Å²) in [4.78, 5) is 14.3. The number of halogens is 1. The Hall–Kier alpha value is -2.28. The lowest BCUT2D eigenvalue weighted by molar-refractivity contribution is -0.134. The predicted octanol–water partition coefficient (Wildman–Crippen LogP) is 0.980. The minimum absolute atomic E-state index is 0.0475. The summed E-state index contributed by atoms with van der Waals surface area (Å²) < 4.78 is 15.1. The molecule has 1 saturated heterocycles. The van der Waals surface area contributed by atoms with Gasteiger partial charge in [0, 0.05) is 32.3 Å². The largest absolute Gasteiger partial charge is 0.333 e. The molecular weight excluding hydrogens is 285 g/mol. The number of carbonyl (C=O) groups is 1. The van der Waals surface area contributed by atoms with E-state index in [0.29, 0.717) is 26.1 Å². The van der Waals surface area contributed by atoms with Crippen LogP contribution in [0.3, 0.4) is 0 Å². The van der Waals surface area contributed by atoms with Gasteiger partial charge in [-0.1, -0.05) is 17.3 Å². The smallest absolute Gasteiger partial charge is 0.225 e. The van der Waals surface area contributed by atoms with Crippen molar-refractivity contribution in [3.05, 3.63) is 48.0 Å². The summed E-state index contributed by atoms with van der Waals surface area (Å²) in [7, 11) is 0. The van der Waals surface area contributed by atoms with Crippen molar-refractivity contribution in [3.8, 4) is 0 Å². The fourth-order valence-corrected chi connectivity index (χ4v) is 2.72. The minimum Gasteiger partial charge on any atom is -0.333 e. The van der Waals surface area contributed by atoms with Gasteiger partial charge in [-0.15, -0.1) is 5.10 Å². The van der Waals surface area contributed by atoms with E-state index in [0.717, 1.165) is 12.1 Å². The Bertz CT molecular complexity index is 631. The molecule has 1 aromatic carbocycles. The molecular formula is C15H18FN5O. The van der Waals surface area contributed by atoms with E-state index < -0.39 is 0 Å². The third-order valence-corrected chi connectivity index (χ3v) is 3.82. The molecule has 1 amide bonds. The highest BCUT2D eigenvalue weighted by atomic mass is 19.1. The third-order valence-electron chi connectivity index (χ3n) is 3.82. The molecule has 1 atom stereocenters. The molecule has 22 heavy (non-hydrogen) atoms. The molecule has 1 N–H and O–H groups in total. The highest BCUT2D eigenvalue weighted by Crippen LogP contribution is 2.23. The Labute approximate surface area is 127 Å². The maximum Gasteiger partial charge on any atom is 0.225 e. The zero-order valence-corrected chi connectivity index (χ0v) is 12.2. The molecule has 7 heteroatoms. The van der Waals surface area contributed by atoms with Gasteiger partial charge in [-0.3, -0.25) is 9.48 Å². The first-order valence-electron chi connectivity index (χ1n) is 7.34. The van der Waals surface area contributed by atoms with E-state index in [1.54, 1.807) is 23.1 Å². The molecule has 1 aliphatic heterocycles. The Kier molecular flexibility index (Phi) is 4.43. The first kappa shape index (κ1) is 14.6. The topological polar surface area (TPSA) is 63.1 Å². The average Bonchev–Trinajstić information content (AvgIpc) is 3.06. The summed E-state index contributed by atoms with van der Waals surface area (Å²) in [5.74, 6) is -0.232. The maximum absolute atomic E-state index is 13.4. The molecule has 1 aromatic heterocycles. The van der Waals surface area contributed by atoms with Gasteiger partial charge in [0.15, 0.2) is 0 Å². The zero-order valence-electron chi connectivity index (χ0n) is 12.2. The van der Waals surface area contributed by atoms with Crippen molar-refractivity contribution in [1.82, 2.24) is 25.2 Å². The van der Waals surface area contributed by atoms with Gasteiger partial charge in [-0.2, -0.15) is 0 Å². The molecule has 0 spiro atoms. The summed E-state index contributed by atoms with van der Waals surface area (Å²) in [6.45, 7) is 2.51. The standard InChI is InChI=1S/C15H18FN5O/c16-13-3-1-2-12(10-13)14-11-17-5-9-21(14)15(22)4-7-20-8-6-18-19-20/h1-3,6,8,10,14,17H,4-5,7,9,11H2. The number of hydrogen-bond acceptors (Lipinski definition) is 4. The van der Waals surface area contributed by atoms with Crippen LogP contribution in [0.25, 0.3) is 0 Å². The van der Waals surface area contributed by atoms with E-state index in [1.807, 2.05) is 11.0 Å². The van der Waals surface area contributed by atoms with Crippen LogP contribution >= 0.6 is 0 Å². The quantitative estimate of drug-likeness (QED) is 0.914. The van der Waals surface area contributed by atoms with Crippen molar-refractivity contribution < 1.29 is 9.18 Å². The lowest BCUT2D eigenvalue weighted by Gasteiger charge is -2.36. The second-order valence-corrected chi connectivity index (χ2v) is 5.28. The normalized spacial score (nSPS) is 18.4. The third kappa shape index (κ3) is 3.30. The fourth-order valence-electron chi connectivity index (χ4n) is 2.72. The van der Waals surface area contributed by atoms with Crippen LogP contribution in [-0.2, 0) is 11.3 Å². The van der Waals surface area contributed by atoms with E-state index in [2.05, 4.69) is 15.6 Å². The van der Waals surface area contributed by atoms with Crippen molar-refractivity contribution in [2.75, 3.05) is 19.6 Å². The van der Waals surface area contributed by atoms with Crippen LogP contribution in [0, 0.1) is 5.82 Å². The SMILES string of the molecule is O=C(CCn1ccnn1)N1CCNCC1c1cccc(F)c1. The monoisotopic (exact) mass is 303 g/mol. The van der Waals surface area contributed by atoms with Gasteiger partial charge in [0.25, 0.3) is 0 Å². The molecule has 3 rings (SSSR count). The Morgan fingerprint density at radius 3 is 3.14 bits per heavy atom. The number of aryl methyl sites for hydroxylation is 1. The van der Waals surface area contributed by atoms with Crippen LogP contribution < -0.4 is 5.32 Å². The van der Waals surface area contributed by atoms with E-state index in [1.165, 1.54) is 12.1 Å². The number of aromatic nitrogens is 3. The van der Waals surface area contributed by atoms with Gasteiger partial charge in [-0.05, 0) is 17.7 Å². The van der Waals surface area contributed by atoms with Crippen LogP contribution in [0.2, 0.25) is 0 Å². The number of hydrogen-bond donors (Lipinski definition) is 1. The van der Waals surface area contributed by atoms with E-state index in [9.17, 15) is 9.18 Å². The first-order valence-corrected chi connectivity index (χ1v) is 7.34. The van der Waals surface area contributed by atoms with Gasteiger partial charge in [-0.25, -0.2) is 4.39 Å². The van der Waals surface area contributed by atoms with Crippen LogP contribution in [0.15, 0.2) is 36.7 Å². The lowest BCUT2D eigenvalue weighted by Crippen LogP contribution is -2.48. The van der Waals surface area contributed by atoms with Gasteiger partial charge in [0.05, 0.1) is 18.8 Å². The number of benzene rings is 1. The average molecular weight is 303 g/mol. The van der Waals surface area contributed by atoms with Crippen molar-refractivity contribution in [3.63, 3.8) is 0 Å². The number of carbonyl (C=O) groups excluding carboxylic acids is 1. The Morgan fingerprint density at radius 1 is 1.45 bits per heavy atom. The summed E-state index contributed by atoms with van der Waals surface area (Å²) in [5.41, 5.74) is 0.821. The number of amides is 1. The first-order chi connectivity index (χ1) is 10.7. The molecule has 0 radical (unpaired) electrons. The molecule has 1 aliphatic rings. The molecule has 116 valence electrons. The van der Waals surface area contributed by atoms with Crippen molar-refractivity contribution in [2.24, 2.45) is 0 Å². The van der Waals surface area contributed by atoms with Gasteiger partial charge in [0.1, 0.15) is 5.82 Å². The molecule has 0 aliphatic carbocycles. The fraction of sp³-hybridized carbons (Fsp3) is 0.400. The van der Waals surface area contributed by atoms with Crippen LogP contribution in [0.5, 0.6) is 0 Å². The van der Waals surface area contributed by atoms with E-state index in [-0.39, 0.29) is 17.8 Å². The van der Waals surface area contributed by atoms with Crippen molar-refractivity contribution in [2.45, 2.75) is 19.0 Å². The number of nitrogens with zero attached hydrogens (tertiary/aromatic N) is 4. The van der Waals surface area contributed by atoms with Gasteiger partial charge in [0.2, 0.25) is 5.91 Å². The summed E-state index contributed by atoms with van der Waals surface area (Å²) >= 11 is 0. The molecule has 2 heterocycles. The van der Waals surface area contributed by atoms with E-state index in [4.69, 9.17) is 0 Å². The number of piperazine rings is 1. The Morgan fingerprint density at radius 2 is 2.36 bits per heavy atom. The number of nitrogens with one attached hydrogen (secondary N) is 1. The van der Waals surface area contributed by atoms with Gasteiger partial charge >= 0.3 is 0 Å². The molecule has 0 bridgehead atoms. The molecule has 1 fully saturated rings. The van der Waals surface area contributed by atoms with E-state index >= 15 is 0 Å². The summed E-state index contributed by atoms with van der Waals surface area (Å²) in [5, 5.41) is 10.8. The van der Waals surface area contributed by atoms with Crippen LogP contribution in [0.4, 0.5) is 4.39 Å². The summed E-state index contributed by atoms with van der Waals surface area (Å²) in [6, 6.07) is 6.31. The number of rotatable bonds is 4. The maximum atomic E-state index is 13.4. The second-order valence-electron chi connectivity index (χ2n) is 5.28. The summed E-state index contributed by atoms with van der Waals surface area (Å²) in [6.07, 6.45) is 3.68. The second kappa shape index (κ2) is 6.65. The highest BCUT2D eigenvalue weighted by Gasteiger charge is 2.27. The van der Waals surface area contributed by atoms with Crippen LogP contribution in [-0.4, -0.2) is 45.4 Å². The molecule has 2 aromatic rings. The van der Waals surface area contributed by atoms with Crippen LogP contribution in [0.1, 0.15) is 18.0 Å². The highest BCUT2D eigenvalue weighted by molar-refractivity contribution is 5.76. The molecule has 6 nitrogen and oxygen atoms in total. The minimum atomic E-state index is -0.280. The molecule has 0 saturated carbocycles. The molecule has 1 unspecified atom stereocenters. The Balaban J connectivity index is 1.70. The van der Waals surface area contributed by atoms with Crippen molar-refractivity contribution >= 4 is 5.91 Å². The van der Waals surface area contributed by atoms with Crippen molar-refractivity contribution in [1.29, 1.82) is 0 Å². The van der Waals surface area contributed by atoms with Gasteiger partial charge < -0.3 is 10.2 Å².